The molecule has 1 atom stereocenters. The van der Waals surface area contributed by atoms with Gasteiger partial charge >= 0.3 is 0 Å². The van der Waals surface area contributed by atoms with Crippen LogP contribution in [0.3, 0.4) is 0 Å². The molecule has 1 fully saturated rings. The molecule has 0 aromatic heterocycles. The first-order valence-electron chi connectivity index (χ1n) is 5.78. The lowest BCUT2D eigenvalue weighted by atomic mass is 10.1. The first-order chi connectivity index (χ1) is 8.56. The third-order valence-electron chi connectivity index (χ3n) is 2.93. The monoisotopic (exact) mass is 248 g/mol. The molecule has 1 unspecified atom stereocenters. The average Bonchev–Trinajstić information content (AvgIpc) is 2.81. The number of hydrogen-bond acceptors (Lipinski definition) is 4. The van der Waals surface area contributed by atoms with Crippen LogP contribution in [0.15, 0.2) is 18.2 Å². The minimum atomic E-state index is -0.578. The summed E-state index contributed by atoms with van der Waals surface area (Å²) in [5.41, 5.74) is 11.7. The molecule has 6 heteroatoms. The molecule has 1 saturated heterocycles. The lowest BCUT2D eigenvalue weighted by Crippen LogP contribution is -2.23. The molecule has 0 saturated carbocycles. The van der Waals surface area contributed by atoms with E-state index in [1.807, 2.05) is 0 Å². The number of benzene rings is 1. The molecule has 6 nitrogen and oxygen atoms in total. The Bertz CT molecular complexity index is 449. The Morgan fingerprint density at radius 2 is 1.78 bits per heavy atom. The number of carbonyl (C=O) groups is 2. The Morgan fingerprint density at radius 1 is 1.17 bits per heavy atom. The first-order valence-corrected chi connectivity index (χ1v) is 5.78. The molecule has 1 aromatic carbocycles. The number of carbonyl (C=O) groups excluding carboxylic acids is 2. The van der Waals surface area contributed by atoms with Gasteiger partial charge in [0.25, 0.3) is 0 Å². The largest absolute Gasteiger partial charge is 0.381 e. The van der Waals surface area contributed by atoms with Gasteiger partial charge in [-0.2, -0.15) is 0 Å². The van der Waals surface area contributed by atoms with E-state index in [0.29, 0.717) is 5.69 Å². The Hall–Kier alpha value is -2.08. The number of nitrogens with one attached hydrogen (secondary N) is 2. The predicted octanol–water partition coefficient (Wildman–Crippen LogP) is -0.342. The minimum absolute atomic E-state index is 0.278. The van der Waals surface area contributed by atoms with Gasteiger partial charge in [0, 0.05) is 29.4 Å². The minimum Gasteiger partial charge on any atom is -0.381 e. The molecule has 96 valence electrons. The Morgan fingerprint density at radius 3 is 2.22 bits per heavy atom. The standard InChI is InChI=1S/C12H16N4O2/c13-11(17)7-3-8(12(14)18)5-10(4-7)16-9-1-2-15-6-9/h3-5,9,15-16H,1-2,6H2,(H2,13,17)(H2,14,18). The molecule has 0 spiro atoms. The van der Waals surface area contributed by atoms with Crippen LogP contribution < -0.4 is 22.1 Å². The van der Waals surface area contributed by atoms with Crippen LogP contribution in [0.2, 0.25) is 0 Å². The van der Waals surface area contributed by atoms with E-state index < -0.39 is 11.8 Å². The van der Waals surface area contributed by atoms with E-state index in [1.165, 1.54) is 6.07 Å². The molecule has 1 aromatic rings. The maximum absolute atomic E-state index is 11.2. The van der Waals surface area contributed by atoms with Crippen LogP contribution in [-0.4, -0.2) is 30.9 Å². The van der Waals surface area contributed by atoms with E-state index >= 15 is 0 Å². The van der Waals surface area contributed by atoms with Gasteiger partial charge in [0.05, 0.1) is 0 Å². The van der Waals surface area contributed by atoms with Crippen molar-refractivity contribution in [2.75, 3.05) is 18.4 Å². The van der Waals surface area contributed by atoms with Gasteiger partial charge in [0.2, 0.25) is 11.8 Å². The van der Waals surface area contributed by atoms with E-state index in [-0.39, 0.29) is 17.2 Å². The smallest absolute Gasteiger partial charge is 0.248 e. The van der Waals surface area contributed by atoms with Crippen LogP contribution in [0, 0.1) is 0 Å². The highest BCUT2D eigenvalue weighted by atomic mass is 16.1. The number of hydrogen-bond donors (Lipinski definition) is 4. The number of primary amides is 2. The fourth-order valence-electron chi connectivity index (χ4n) is 2.01. The van der Waals surface area contributed by atoms with E-state index in [2.05, 4.69) is 10.6 Å². The second-order valence-electron chi connectivity index (χ2n) is 4.36. The van der Waals surface area contributed by atoms with Crippen molar-refractivity contribution in [3.63, 3.8) is 0 Å². The van der Waals surface area contributed by atoms with E-state index in [0.717, 1.165) is 19.5 Å². The zero-order valence-electron chi connectivity index (χ0n) is 9.90. The van der Waals surface area contributed by atoms with Crippen LogP contribution in [0.25, 0.3) is 0 Å². The molecule has 1 aliphatic heterocycles. The van der Waals surface area contributed by atoms with Crippen molar-refractivity contribution in [1.82, 2.24) is 5.32 Å². The second-order valence-corrected chi connectivity index (χ2v) is 4.36. The molecular weight excluding hydrogens is 232 g/mol. The Kier molecular flexibility index (Phi) is 3.47. The second kappa shape index (κ2) is 5.05. The van der Waals surface area contributed by atoms with Crippen molar-refractivity contribution in [2.45, 2.75) is 12.5 Å². The molecule has 1 heterocycles. The zero-order valence-corrected chi connectivity index (χ0v) is 9.90. The molecular formula is C12H16N4O2. The van der Waals surface area contributed by atoms with Crippen LogP contribution >= 0.6 is 0 Å². The van der Waals surface area contributed by atoms with Crippen molar-refractivity contribution < 1.29 is 9.59 Å². The van der Waals surface area contributed by atoms with Crippen LogP contribution in [-0.2, 0) is 0 Å². The summed E-state index contributed by atoms with van der Waals surface area (Å²) in [6, 6.07) is 4.96. The summed E-state index contributed by atoms with van der Waals surface area (Å²) in [4.78, 5) is 22.4. The van der Waals surface area contributed by atoms with Crippen molar-refractivity contribution in [2.24, 2.45) is 11.5 Å². The van der Waals surface area contributed by atoms with Gasteiger partial charge in [0.15, 0.2) is 0 Å². The summed E-state index contributed by atoms with van der Waals surface area (Å²) in [6.45, 7) is 1.81. The molecule has 6 N–H and O–H groups in total. The molecule has 2 rings (SSSR count). The van der Waals surface area contributed by atoms with Crippen LogP contribution in [0.1, 0.15) is 27.1 Å². The highest BCUT2D eigenvalue weighted by Crippen LogP contribution is 2.17. The van der Waals surface area contributed by atoms with Crippen molar-refractivity contribution in [3.05, 3.63) is 29.3 Å². The van der Waals surface area contributed by atoms with Crippen molar-refractivity contribution in [1.29, 1.82) is 0 Å². The zero-order chi connectivity index (χ0) is 13.1. The Balaban J connectivity index is 2.27. The molecule has 0 bridgehead atoms. The summed E-state index contributed by atoms with van der Waals surface area (Å²) in [6.07, 6.45) is 0.993. The quantitative estimate of drug-likeness (QED) is 0.584. The normalized spacial score (nSPS) is 18.6. The molecule has 0 radical (unpaired) electrons. The highest BCUT2D eigenvalue weighted by Gasteiger charge is 2.15. The van der Waals surface area contributed by atoms with Crippen LogP contribution in [0.5, 0.6) is 0 Å². The van der Waals surface area contributed by atoms with E-state index in [1.54, 1.807) is 12.1 Å². The predicted molar refractivity (Wildman–Crippen MR) is 68.4 cm³/mol. The maximum atomic E-state index is 11.2. The Labute approximate surface area is 105 Å². The lowest BCUT2D eigenvalue weighted by molar-refractivity contribution is 0.0999. The van der Waals surface area contributed by atoms with Gasteiger partial charge < -0.3 is 22.1 Å². The maximum Gasteiger partial charge on any atom is 0.248 e. The molecule has 1 aliphatic rings. The van der Waals surface area contributed by atoms with Gasteiger partial charge in [-0.3, -0.25) is 9.59 Å². The summed E-state index contributed by atoms with van der Waals surface area (Å²) in [7, 11) is 0. The first kappa shape index (κ1) is 12.4. The summed E-state index contributed by atoms with van der Waals surface area (Å²) in [5, 5.41) is 6.47. The summed E-state index contributed by atoms with van der Waals surface area (Å²) >= 11 is 0. The number of nitrogens with two attached hydrogens (primary N) is 2. The van der Waals surface area contributed by atoms with Gasteiger partial charge in [-0.15, -0.1) is 0 Å². The number of amides is 2. The average molecular weight is 248 g/mol. The number of rotatable bonds is 4. The van der Waals surface area contributed by atoms with Gasteiger partial charge in [-0.1, -0.05) is 0 Å². The van der Waals surface area contributed by atoms with Gasteiger partial charge in [-0.25, -0.2) is 0 Å². The summed E-state index contributed by atoms with van der Waals surface area (Å²) in [5.74, 6) is -1.16. The van der Waals surface area contributed by atoms with Crippen molar-refractivity contribution >= 4 is 17.5 Å². The SMILES string of the molecule is NC(=O)c1cc(NC2CCNC2)cc(C(N)=O)c1. The highest BCUT2D eigenvalue weighted by molar-refractivity contribution is 5.99. The molecule has 0 aliphatic carbocycles. The summed E-state index contributed by atoms with van der Waals surface area (Å²) < 4.78 is 0. The van der Waals surface area contributed by atoms with Gasteiger partial charge in [-0.05, 0) is 31.2 Å². The third kappa shape index (κ3) is 2.78. The van der Waals surface area contributed by atoms with E-state index in [4.69, 9.17) is 11.5 Å². The molecule has 18 heavy (non-hydrogen) atoms. The third-order valence-corrected chi connectivity index (χ3v) is 2.93. The van der Waals surface area contributed by atoms with Crippen molar-refractivity contribution in [3.8, 4) is 0 Å². The fraction of sp³-hybridized carbons (Fsp3) is 0.333. The molecule has 2 amide bonds. The van der Waals surface area contributed by atoms with Crippen LogP contribution in [0.4, 0.5) is 5.69 Å². The lowest BCUT2D eigenvalue weighted by Gasteiger charge is -2.14. The van der Waals surface area contributed by atoms with Gasteiger partial charge in [0.1, 0.15) is 0 Å². The topological polar surface area (TPSA) is 110 Å². The fourth-order valence-corrected chi connectivity index (χ4v) is 2.01. The van der Waals surface area contributed by atoms with E-state index in [9.17, 15) is 9.59 Å². The number of anilines is 1.